The van der Waals surface area contributed by atoms with Crippen LogP contribution in [0.1, 0.15) is 21.7 Å². The topological polar surface area (TPSA) is 81.4 Å². The monoisotopic (exact) mass is 447 g/mol. The Balaban J connectivity index is 1.65. The summed E-state index contributed by atoms with van der Waals surface area (Å²) in [6.45, 7) is 3.76. The highest BCUT2D eigenvalue weighted by atomic mass is 35.5. The number of anilines is 1. The number of benzene rings is 2. The lowest BCUT2D eigenvalue weighted by atomic mass is 10.1. The van der Waals surface area contributed by atoms with Crippen molar-refractivity contribution in [1.29, 1.82) is 0 Å². The minimum absolute atomic E-state index is 0.269. The summed E-state index contributed by atoms with van der Waals surface area (Å²) < 4.78 is 6.82. The van der Waals surface area contributed by atoms with Crippen LogP contribution in [-0.2, 0) is 0 Å². The number of carbonyl (C=O) groups is 1. The van der Waals surface area contributed by atoms with Crippen molar-refractivity contribution in [2.45, 2.75) is 13.8 Å². The zero-order chi connectivity index (χ0) is 20.7. The molecule has 0 saturated heterocycles. The Kier molecular flexibility index (Phi) is 5.16. The zero-order valence-electron chi connectivity index (χ0n) is 15.7. The van der Waals surface area contributed by atoms with Crippen molar-refractivity contribution in [2.75, 3.05) is 12.4 Å². The molecule has 2 aromatic heterocycles. The minimum atomic E-state index is -0.328. The molecule has 0 bridgehead atoms. The lowest BCUT2D eigenvalue weighted by molar-refractivity contribution is 0.102. The van der Waals surface area contributed by atoms with Crippen molar-refractivity contribution in [3.05, 3.63) is 57.3 Å². The molecule has 0 aliphatic heterocycles. The number of amides is 1. The normalized spacial score (nSPS) is 11.1. The molecule has 0 aliphatic rings. The molecule has 4 aromatic rings. The molecular formula is C19H15Cl2N5O2S. The Labute approximate surface area is 180 Å². The van der Waals surface area contributed by atoms with E-state index in [1.807, 2.05) is 32.0 Å². The van der Waals surface area contributed by atoms with Crippen LogP contribution < -0.4 is 10.1 Å². The average Bonchev–Trinajstić information content (AvgIpc) is 3.25. The van der Waals surface area contributed by atoms with Crippen LogP contribution in [0, 0.1) is 13.8 Å². The highest BCUT2D eigenvalue weighted by Crippen LogP contribution is 2.34. The van der Waals surface area contributed by atoms with E-state index in [-0.39, 0.29) is 16.0 Å². The average molecular weight is 448 g/mol. The summed E-state index contributed by atoms with van der Waals surface area (Å²) in [5.74, 6) is 0.726. The van der Waals surface area contributed by atoms with Crippen LogP contribution in [0.25, 0.3) is 15.5 Å². The number of nitrogens with zero attached hydrogens (tertiary/aromatic N) is 4. The molecule has 0 saturated carbocycles. The second-order valence-electron chi connectivity index (χ2n) is 6.31. The van der Waals surface area contributed by atoms with Gasteiger partial charge in [-0.1, -0.05) is 46.7 Å². The molecule has 148 valence electrons. The van der Waals surface area contributed by atoms with Crippen LogP contribution in [0.15, 0.2) is 30.3 Å². The number of aryl methyl sites for hydroxylation is 2. The van der Waals surface area contributed by atoms with E-state index in [0.717, 1.165) is 22.0 Å². The van der Waals surface area contributed by atoms with Crippen LogP contribution >= 0.6 is 34.5 Å². The van der Waals surface area contributed by atoms with Gasteiger partial charge in [-0.15, -0.1) is 10.2 Å². The number of hydrogen-bond acceptors (Lipinski definition) is 6. The van der Waals surface area contributed by atoms with Gasteiger partial charge in [0.05, 0.1) is 17.2 Å². The number of hydrogen-bond donors (Lipinski definition) is 1. The molecule has 1 N–H and O–H groups in total. The van der Waals surface area contributed by atoms with Gasteiger partial charge < -0.3 is 10.1 Å². The molecule has 0 spiro atoms. The van der Waals surface area contributed by atoms with Crippen molar-refractivity contribution in [1.82, 2.24) is 19.8 Å². The van der Waals surface area contributed by atoms with Crippen molar-refractivity contribution >= 4 is 51.1 Å². The minimum Gasteiger partial charge on any atom is -0.494 e. The second kappa shape index (κ2) is 7.62. The third kappa shape index (κ3) is 3.66. The molecular weight excluding hydrogens is 433 g/mol. The number of halogens is 2. The van der Waals surface area contributed by atoms with Gasteiger partial charge in [0, 0.05) is 16.8 Å². The van der Waals surface area contributed by atoms with Crippen molar-refractivity contribution in [2.24, 2.45) is 0 Å². The molecule has 2 heterocycles. The van der Waals surface area contributed by atoms with Gasteiger partial charge in [-0.3, -0.25) is 4.79 Å². The number of ether oxygens (including phenoxy) is 1. The van der Waals surface area contributed by atoms with Crippen molar-refractivity contribution < 1.29 is 9.53 Å². The Bertz CT molecular complexity index is 1230. The Morgan fingerprint density at radius 2 is 1.86 bits per heavy atom. The van der Waals surface area contributed by atoms with E-state index in [1.54, 1.807) is 4.52 Å². The van der Waals surface area contributed by atoms with Crippen molar-refractivity contribution in [3.8, 4) is 16.3 Å². The summed E-state index contributed by atoms with van der Waals surface area (Å²) in [5.41, 5.74) is 2.77. The van der Waals surface area contributed by atoms with Gasteiger partial charge in [-0.2, -0.15) is 9.61 Å². The predicted octanol–water partition coefficient (Wildman–Crippen LogP) is 5.04. The fourth-order valence-corrected chi connectivity index (χ4v) is 4.32. The zero-order valence-corrected chi connectivity index (χ0v) is 18.0. The Morgan fingerprint density at radius 3 is 2.52 bits per heavy atom. The van der Waals surface area contributed by atoms with Crippen LogP contribution in [0.5, 0.6) is 5.75 Å². The molecule has 4 rings (SSSR count). The SMILES string of the molecule is COc1c(Cl)cc(C(=O)Nc2cc(-c3nn4c(C)nnc4s3)ccc2C)cc1Cl. The number of nitrogens with one attached hydrogen (secondary N) is 1. The lowest BCUT2D eigenvalue weighted by Crippen LogP contribution is -2.13. The molecule has 2 aromatic carbocycles. The van der Waals surface area contributed by atoms with Gasteiger partial charge in [0.1, 0.15) is 5.01 Å². The molecule has 7 nitrogen and oxygen atoms in total. The third-order valence-electron chi connectivity index (χ3n) is 4.34. The molecule has 0 atom stereocenters. The van der Waals surface area contributed by atoms with E-state index in [2.05, 4.69) is 20.6 Å². The number of rotatable bonds is 4. The maximum atomic E-state index is 12.8. The van der Waals surface area contributed by atoms with E-state index < -0.39 is 0 Å². The molecule has 0 fully saturated rings. The van der Waals surface area contributed by atoms with Crippen LogP contribution in [-0.4, -0.2) is 32.8 Å². The summed E-state index contributed by atoms with van der Waals surface area (Å²) in [6, 6.07) is 8.79. The fourth-order valence-electron chi connectivity index (χ4n) is 2.80. The Hall–Kier alpha value is -2.68. The molecule has 0 aliphatic carbocycles. The first-order chi connectivity index (χ1) is 13.9. The van der Waals surface area contributed by atoms with Crippen LogP contribution in [0.2, 0.25) is 10.0 Å². The molecule has 10 heteroatoms. The highest BCUT2D eigenvalue weighted by molar-refractivity contribution is 7.19. The lowest BCUT2D eigenvalue weighted by Gasteiger charge is -2.12. The van der Waals surface area contributed by atoms with E-state index in [0.29, 0.717) is 22.0 Å². The van der Waals surface area contributed by atoms with E-state index in [9.17, 15) is 4.79 Å². The summed E-state index contributed by atoms with van der Waals surface area (Å²) in [6.07, 6.45) is 0. The first kappa shape index (κ1) is 19.6. The van der Waals surface area contributed by atoms with Gasteiger partial charge in [0.15, 0.2) is 11.6 Å². The number of carbonyl (C=O) groups excluding carboxylic acids is 1. The van der Waals surface area contributed by atoms with Gasteiger partial charge in [-0.25, -0.2) is 0 Å². The Morgan fingerprint density at radius 1 is 1.14 bits per heavy atom. The summed E-state index contributed by atoms with van der Waals surface area (Å²) in [5, 5.41) is 16.9. The van der Waals surface area contributed by atoms with Crippen LogP contribution in [0.3, 0.4) is 0 Å². The van der Waals surface area contributed by atoms with E-state index >= 15 is 0 Å². The first-order valence-corrected chi connectivity index (χ1v) is 10.1. The van der Waals surface area contributed by atoms with E-state index in [1.165, 1.54) is 30.6 Å². The second-order valence-corrected chi connectivity index (χ2v) is 8.08. The molecule has 29 heavy (non-hydrogen) atoms. The maximum Gasteiger partial charge on any atom is 0.255 e. The molecule has 0 radical (unpaired) electrons. The summed E-state index contributed by atoms with van der Waals surface area (Å²) in [4.78, 5) is 13.5. The largest absolute Gasteiger partial charge is 0.494 e. The van der Waals surface area contributed by atoms with E-state index in [4.69, 9.17) is 27.9 Å². The smallest absolute Gasteiger partial charge is 0.255 e. The third-order valence-corrected chi connectivity index (χ3v) is 5.85. The van der Waals surface area contributed by atoms with Gasteiger partial charge in [0.25, 0.3) is 5.91 Å². The highest BCUT2D eigenvalue weighted by Gasteiger charge is 2.16. The fraction of sp³-hybridized carbons (Fsp3) is 0.158. The van der Waals surface area contributed by atoms with Crippen molar-refractivity contribution in [3.63, 3.8) is 0 Å². The summed E-state index contributed by atoms with van der Waals surface area (Å²) in [7, 11) is 1.47. The standard InChI is InChI=1S/C19H15Cl2N5O2S/c1-9-4-5-11(18-25-26-10(2)23-24-19(26)29-18)8-15(9)22-17(27)12-6-13(20)16(28-3)14(21)7-12/h4-8H,1-3H3,(H,22,27). The number of methoxy groups -OCH3 is 1. The molecule has 0 unspecified atom stereocenters. The number of fused-ring (bicyclic) bond motifs is 1. The quantitative estimate of drug-likeness (QED) is 0.473. The predicted molar refractivity (Wildman–Crippen MR) is 115 cm³/mol. The summed E-state index contributed by atoms with van der Waals surface area (Å²) >= 11 is 13.7. The first-order valence-electron chi connectivity index (χ1n) is 8.51. The van der Waals surface area contributed by atoms with Gasteiger partial charge >= 0.3 is 0 Å². The molecule has 1 amide bonds. The van der Waals surface area contributed by atoms with Gasteiger partial charge in [0.2, 0.25) is 4.96 Å². The van der Waals surface area contributed by atoms with Crippen LogP contribution in [0.4, 0.5) is 5.69 Å². The maximum absolute atomic E-state index is 12.8. The van der Waals surface area contributed by atoms with Gasteiger partial charge in [-0.05, 0) is 37.6 Å². The number of aromatic nitrogens is 4.